The number of rotatable bonds is 6. The van der Waals surface area contributed by atoms with Crippen molar-refractivity contribution in [3.63, 3.8) is 0 Å². The number of hydrogen-bond donors (Lipinski definition) is 1. The molecule has 1 saturated heterocycles. The van der Waals surface area contributed by atoms with E-state index in [-0.39, 0.29) is 17.2 Å². The summed E-state index contributed by atoms with van der Waals surface area (Å²) in [5, 5.41) is 0.903. The van der Waals surface area contributed by atoms with Gasteiger partial charge in [0.2, 0.25) is 0 Å². The number of aromatic amines is 1. The summed E-state index contributed by atoms with van der Waals surface area (Å²) < 4.78 is 19.0. The number of H-pyrrole nitrogens is 1. The van der Waals surface area contributed by atoms with Crippen LogP contribution in [-0.2, 0) is 10.2 Å². The van der Waals surface area contributed by atoms with Crippen LogP contribution < -0.4 is 0 Å². The molecule has 3 aromatic rings. The lowest BCUT2D eigenvalue weighted by Crippen LogP contribution is -2.40. The van der Waals surface area contributed by atoms with Crippen LogP contribution in [0, 0.1) is 18.7 Å². The minimum Gasteiger partial charge on any atom is -0.454 e. The number of piperidine rings is 1. The van der Waals surface area contributed by atoms with E-state index in [2.05, 4.69) is 48.9 Å². The molecule has 0 radical (unpaired) electrons. The van der Waals surface area contributed by atoms with Gasteiger partial charge in [0, 0.05) is 16.6 Å². The number of nitrogens with one attached hydrogen (secondary N) is 1. The highest BCUT2D eigenvalue weighted by Crippen LogP contribution is 2.40. The van der Waals surface area contributed by atoms with Gasteiger partial charge in [0.15, 0.2) is 0 Å². The molecule has 1 fully saturated rings. The standard InChI is InChI=1S/C28H35FN2O2/c1-6-31-15-13-21(14-16-31)28(4,5)22-9-12-25-24(17-22)26(18(2)30-25)27(32)33-19(3)20-7-10-23(29)11-8-20/h7-12,17,19,21,30H,6,13-16H2,1-5H3. The summed E-state index contributed by atoms with van der Waals surface area (Å²) in [7, 11) is 0. The summed E-state index contributed by atoms with van der Waals surface area (Å²) in [5.41, 5.74) is 4.35. The highest BCUT2D eigenvalue weighted by Gasteiger charge is 2.34. The van der Waals surface area contributed by atoms with Crippen LogP contribution in [-0.4, -0.2) is 35.5 Å². The molecule has 0 saturated carbocycles. The lowest BCUT2D eigenvalue weighted by Gasteiger charge is -2.41. The van der Waals surface area contributed by atoms with E-state index >= 15 is 0 Å². The van der Waals surface area contributed by atoms with Gasteiger partial charge in [-0.3, -0.25) is 0 Å². The molecule has 0 spiro atoms. The van der Waals surface area contributed by atoms with Crippen LogP contribution >= 0.6 is 0 Å². The molecule has 1 aromatic heterocycles. The van der Waals surface area contributed by atoms with E-state index in [0.717, 1.165) is 41.8 Å². The Bertz CT molecular complexity index is 1120. The molecular weight excluding hydrogens is 415 g/mol. The number of hydrogen-bond acceptors (Lipinski definition) is 3. The normalized spacial score (nSPS) is 16.8. The van der Waals surface area contributed by atoms with Gasteiger partial charge in [-0.15, -0.1) is 0 Å². The van der Waals surface area contributed by atoms with E-state index in [0.29, 0.717) is 11.5 Å². The first-order valence-electron chi connectivity index (χ1n) is 12.0. The minimum atomic E-state index is -0.467. The number of aromatic nitrogens is 1. The van der Waals surface area contributed by atoms with E-state index in [1.165, 1.54) is 30.5 Å². The topological polar surface area (TPSA) is 45.3 Å². The Labute approximate surface area is 196 Å². The Morgan fingerprint density at radius 1 is 1.18 bits per heavy atom. The second-order valence-electron chi connectivity index (χ2n) is 9.91. The summed E-state index contributed by atoms with van der Waals surface area (Å²) in [6.45, 7) is 14.0. The molecule has 2 heterocycles. The summed E-state index contributed by atoms with van der Waals surface area (Å²) in [6, 6.07) is 12.5. The van der Waals surface area contributed by atoms with Gasteiger partial charge in [-0.1, -0.05) is 39.0 Å². The van der Waals surface area contributed by atoms with E-state index in [1.54, 1.807) is 12.1 Å². The molecule has 33 heavy (non-hydrogen) atoms. The predicted octanol–water partition coefficient (Wildman–Crippen LogP) is 6.54. The molecule has 5 heteroatoms. The number of carbonyl (C=O) groups excluding carboxylic acids is 1. The zero-order valence-electron chi connectivity index (χ0n) is 20.4. The smallest absolute Gasteiger partial charge is 0.341 e. The number of nitrogens with zero attached hydrogens (tertiary/aromatic N) is 1. The summed E-state index contributed by atoms with van der Waals surface area (Å²) in [6.07, 6.45) is 1.91. The number of esters is 1. The Balaban J connectivity index is 1.60. The van der Waals surface area contributed by atoms with Crippen molar-refractivity contribution >= 4 is 16.9 Å². The summed E-state index contributed by atoms with van der Waals surface area (Å²) >= 11 is 0. The molecule has 0 aliphatic carbocycles. The van der Waals surface area contributed by atoms with Gasteiger partial charge < -0.3 is 14.6 Å². The molecule has 176 valence electrons. The number of carbonyl (C=O) groups is 1. The van der Waals surface area contributed by atoms with Crippen molar-refractivity contribution in [3.05, 3.63) is 70.7 Å². The highest BCUT2D eigenvalue weighted by molar-refractivity contribution is 6.05. The Hall–Kier alpha value is -2.66. The Kier molecular flexibility index (Phi) is 6.62. The molecule has 2 aromatic carbocycles. The second kappa shape index (κ2) is 9.30. The van der Waals surface area contributed by atoms with Crippen molar-refractivity contribution in [1.82, 2.24) is 9.88 Å². The first kappa shape index (κ1) is 23.5. The van der Waals surface area contributed by atoms with Crippen LogP contribution in [0.5, 0.6) is 0 Å². The first-order chi connectivity index (χ1) is 15.7. The van der Waals surface area contributed by atoms with E-state index in [1.807, 2.05) is 13.8 Å². The van der Waals surface area contributed by atoms with E-state index in [4.69, 9.17) is 4.74 Å². The second-order valence-corrected chi connectivity index (χ2v) is 9.91. The third-order valence-electron chi connectivity index (χ3n) is 7.61. The summed E-state index contributed by atoms with van der Waals surface area (Å²) in [4.78, 5) is 19.1. The molecular formula is C28H35FN2O2. The van der Waals surface area contributed by atoms with Gasteiger partial charge in [0.1, 0.15) is 11.9 Å². The quantitative estimate of drug-likeness (QED) is 0.434. The SMILES string of the molecule is CCN1CCC(C(C)(C)c2ccc3[nH]c(C)c(C(=O)OC(C)c4ccc(F)cc4)c3c2)CC1. The largest absolute Gasteiger partial charge is 0.454 e. The molecule has 0 amide bonds. The number of ether oxygens (including phenoxy) is 1. The molecule has 1 unspecified atom stereocenters. The van der Waals surface area contributed by atoms with Crippen LogP contribution in [0.15, 0.2) is 42.5 Å². The van der Waals surface area contributed by atoms with Crippen molar-refractivity contribution in [1.29, 1.82) is 0 Å². The van der Waals surface area contributed by atoms with Crippen LogP contribution in [0.2, 0.25) is 0 Å². The van der Waals surface area contributed by atoms with Gasteiger partial charge in [0.25, 0.3) is 0 Å². The number of halogens is 1. The Morgan fingerprint density at radius 2 is 1.85 bits per heavy atom. The zero-order valence-corrected chi connectivity index (χ0v) is 20.4. The van der Waals surface area contributed by atoms with Crippen LogP contribution in [0.1, 0.15) is 73.8 Å². The molecule has 4 nitrogen and oxygen atoms in total. The molecule has 1 aliphatic rings. The molecule has 4 rings (SSSR count). The van der Waals surface area contributed by atoms with Crippen molar-refractivity contribution in [2.24, 2.45) is 5.92 Å². The Morgan fingerprint density at radius 3 is 2.48 bits per heavy atom. The van der Waals surface area contributed by atoms with Crippen molar-refractivity contribution in [2.45, 2.75) is 59.0 Å². The lowest BCUT2D eigenvalue weighted by atomic mass is 9.69. The number of fused-ring (bicyclic) bond motifs is 1. The lowest BCUT2D eigenvalue weighted by molar-refractivity contribution is 0.0339. The molecule has 1 aliphatic heterocycles. The van der Waals surface area contributed by atoms with E-state index < -0.39 is 6.10 Å². The van der Waals surface area contributed by atoms with Crippen LogP contribution in [0.3, 0.4) is 0 Å². The number of benzene rings is 2. The third-order valence-corrected chi connectivity index (χ3v) is 7.61. The van der Waals surface area contributed by atoms with Gasteiger partial charge in [-0.05, 0) is 93.0 Å². The number of aryl methyl sites for hydroxylation is 1. The maximum atomic E-state index is 13.3. The minimum absolute atomic E-state index is 0.0156. The average molecular weight is 451 g/mol. The molecule has 1 N–H and O–H groups in total. The monoisotopic (exact) mass is 450 g/mol. The van der Waals surface area contributed by atoms with Crippen molar-refractivity contribution < 1.29 is 13.9 Å². The highest BCUT2D eigenvalue weighted by atomic mass is 19.1. The average Bonchev–Trinajstić information content (AvgIpc) is 3.14. The van der Waals surface area contributed by atoms with Crippen molar-refractivity contribution in [3.8, 4) is 0 Å². The van der Waals surface area contributed by atoms with Gasteiger partial charge in [-0.2, -0.15) is 0 Å². The maximum absolute atomic E-state index is 13.3. The fourth-order valence-corrected chi connectivity index (χ4v) is 5.22. The van der Waals surface area contributed by atoms with Crippen molar-refractivity contribution in [2.75, 3.05) is 19.6 Å². The van der Waals surface area contributed by atoms with Gasteiger partial charge >= 0.3 is 5.97 Å². The van der Waals surface area contributed by atoms with Crippen LogP contribution in [0.4, 0.5) is 4.39 Å². The first-order valence-corrected chi connectivity index (χ1v) is 12.0. The predicted molar refractivity (Wildman–Crippen MR) is 131 cm³/mol. The third kappa shape index (κ3) is 4.70. The summed E-state index contributed by atoms with van der Waals surface area (Å²) in [5.74, 6) is -0.0614. The fourth-order valence-electron chi connectivity index (χ4n) is 5.22. The zero-order chi connectivity index (χ0) is 23.8. The van der Waals surface area contributed by atoms with Crippen LogP contribution in [0.25, 0.3) is 10.9 Å². The van der Waals surface area contributed by atoms with Gasteiger partial charge in [-0.25, -0.2) is 9.18 Å². The molecule has 0 bridgehead atoms. The fraction of sp³-hybridized carbons (Fsp3) is 0.464. The van der Waals surface area contributed by atoms with Gasteiger partial charge in [0.05, 0.1) is 5.56 Å². The molecule has 1 atom stereocenters. The number of likely N-dealkylation sites (tertiary alicyclic amines) is 1. The van der Waals surface area contributed by atoms with E-state index in [9.17, 15) is 9.18 Å². The maximum Gasteiger partial charge on any atom is 0.341 e.